The lowest BCUT2D eigenvalue weighted by atomic mass is 10.1. The van der Waals surface area contributed by atoms with Gasteiger partial charge in [-0.2, -0.15) is 0 Å². The average molecular weight is 406 g/mol. The quantitative estimate of drug-likeness (QED) is 0.720. The van der Waals surface area contributed by atoms with Crippen molar-refractivity contribution in [3.63, 3.8) is 0 Å². The van der Waals surface area contributed by atoms with Crippen LogP contribution in [0.1, 0.15) is 67.4 Å². The Morgan fingerprint density at radius 3 is 2.27 bits per heavy atom. The Kier molecular flexibility index (Phi) is 6.77. The van der Waals surface area contributed by atoms with Crippen molar-refractivity contribution < 1.29 is 9.59 Å². The van der Waals surface area contributed by atoms with Gasteiger partial charge in [0.25, 0.3) is 5.91 Å². The molecule has 1 fully saturated rings. The van der Waals surface area contributed by atoms with Crippen LogP contribution in [0, 0.1) is 5.92 Å². The van der Waals surface area contributed by atoms with E-state index in [4.69, 9.17) is 0 Å². The maximum atomic E-state index is 13.2. The zero-order valence-corrected chi connectivity index (χ0v) is 17.6. The number of nitrogens with zero attached hydrogens (tertiary/aromatic N) is 3. The number of benzene rings is 1. The molecule has 1 aromatic heterocycles. The molecule has 158 valence electrons. The average Bonchev–Trinajstić information content (AvgIpc) is 3.62. The maximum absolute atomic E-state index is 13.2. The fourth-order valence-electron chi connectivity index (χ4n) is 4.20. The van der Waals surface area contributed by atoms with Gasteiger partial charge in [0.1, 0.15) is 5.69 Å². The first-order valence-electron chi connectivity index (χ1n) is 11.3. The van der Waals surface area contributed by atoms with Gasteiger partial charge in [0.15, 0.2) is 0 Å². The molecule has 2 heterocycles. The molecule has 1 aliphatic heterocycles. The third kappa shape index (κ3) is 5.07. The first-order valence-corrected chi connectivity index (χ1v) is 11.3. The fourth-order valence-corrected chi connectivity index (χ4v) is 4.20. The third-order valence-corrected chi connectivity index (χ3v) is 6.07. The number of carbonyl (C=O) groups is 2. The van der Waals surface area contributed by atoms with Crippen LogP contribution in [0.2, 0.25) is 0 Å². The van der Waals surface area contributed by atoms with Crippen LogP contribution < -0.4 is 4.90 Å². The Morgan fingerprint density at radius 1 is 0.833 bits per heavy atom. The minimum absolute atomic E-state index is 0.0413. The van der Waals surface area contributed by atoms with E-state index in [1.165, 1.54) is 12.8 Å². The van der Waals surface area contributed by atoms with Gasteiger partial charge in [-0.15, -0.1) is 0 Å². The summed E-state index contributed by atoms with van der Waals surface area (Å²) in [7, 11) is 0. The van der Waals surface area contributed by atoms with Gasteiger partial charge in [-0.25, -0.2) is 0 Å². The van der Waals surface area contributed by atoms with E-state index in [0.29, 0.717) is 18.8 Å². The van der Waals surface area contributed by atoms with Gasteiger partial charge in [0, 0.05) is 37.4 Å². The molecule has 4 rings (SSSR count). The van der Waals surface area contributed by atoms with Gasteiger partial charge in [0.05, 0.1) is 0 Å². The van der Waals surface area contributed by atoms with E-state index in [1.54, 1.807) is 12.3 Å². The predicted molar refractivity (Wildman–Crippen MR) is 118 cm³/mol. The van der Waals surface area contributed by atoms with E-state index in [0.717, 1.165) is 56.3 Å². The molecule has 0 spiro atoms. The van der Waals surface area contributed by atoms with Gasteiger partial charge < -0.3 is 9.80 Å². The second kappa shape index (κ2) is 9.88. The number of fused-ring (bicyclic) bond motifs is 1. The molecule has 0 saturated heterocycles. The molecule has 2 aliphatic rings. The van der Waals surface area contributed by atoms with Gasteiger partial charge in [-0.05, 0) is 49.4 Å². The summed E-state index contributed by atoms with van der Waals surface area (Å²) in [6.07, 6.45) is 10.3. The normalized spacial score (nSPS) is 18.5. The second-order valence-corrected chi connectivity index (χ2v) is 8.46. The fraction of sp³-hybridized carbons (Fsp3) is 0.480. The van der Waals surface area contributed by atoms with Gasteiger partial charge in [-0.3, -0.25) is 14.6 Å². The first-order chi connectivity index (χ1) is 14.7. The van der Waals surface area contributed by atoms with E-state index in [2.05, 4.69) is 11.1 Å². The highest BCUT2D eigenvalue weighted by Crippen LogP contribution is 2.34. The van der Waals surface area contributed by atoms with E-state index >= 15 is 0 Å². The monoisotopic (exact) mass is 405 g/mol. The van der Waals surface area contributed by atoms with Gasteiger partial charge in [0.2, 0.25) is 5.91 Å². The lowest BCUT2D eigenvalue weighted by molar-refractivity contribution is -0.119. The summed E-state index contributed by atoms with van der Waals surface area (Å²) in [5, 5.41) is 0. The zero-order valence-electron chi connectivity index (χ0n) is 17.6. The molecule has 0 N–H and O–H groups in total. The van der Waals surface area contributed by atoms with Crippen molar-refractivity contribution >= 4 is 17.5 Å². The number of rotatable bonds is 2. The molecular formula is C25H31N3O2. The van der Waals surface area contributed by atoms with Crippen molar-refractivity contribution in [2.45, 2.75) is 57.9 Å². The molecule has 0 unspecified atom stereocenters. The highest BCUT2D eigenvalue weighted by molar-refractivity contribution is 5.97. The minimum atomic E-state index is -0.0413. The van der Waals surface area contributed by atoms with Crippen molar-refractivity contribution in [3.05, 3.63) is 59.9 Å². The van der Waals surface area contributed by atoms with Crippen LogP contribution in [0.5, 0.6) is 0 Å². The molecule has 0 radical (unpaired) electrons. The SMILES string of the molecule is O=C(c1ccccn1)N1CCCCCCCCN(C(=O)C2CC2)c2ccccc2C1. The molecule has 2 aromatic rings. The summed E-state index contributed by atoms with van der Waals surface area (Å²) in [6, 6.07) is 13.5. The molecule has 30 heavy (non-hydrogen) atoms. The third-order valence-electron chi connectivity index (χ3n) is 6.07. The molecule has 0 bridgehead atoms. The lowest BCUT2D eigenvalue weighted by Gasteiger charge is -2.28. The van der Waals surface area contributed by atoms with Crippen molar-refractivity contribution in [2.75, 3.05) is 18.0 Å². The van der Waals surface area contributed by atoms with Crippen molar-refractivity contribution in [3.8, 4) is 0 Å². The highest BCUT2D eigenvalue weighted by atomic mass is 16.2. The summed E-state index contributed by atoms with van der Waals surface area (Å²) < 4.78 is 0. The van der Waals surface area contributed by atoms with Crippen LogP contribution in [-0.4, -0.2) is 34.8 Å². The summed E-state index contributed by atoms with van der Waals surface area (Å²) in [5.41, 5.74) is 2.48. The Balaban J connectivity index is 1.64. The first kappa shape index (κ1) is 20.6. The van der Waals surface area contributed by atoms with Crippen LogP contribution in [0.3, 0.4) is 0 Å². The van der Waals surface area contributed by atoms with Gasteiger partial charge in [-0.1, -0.05) is 49.9 Å². The summed E-state index contributed by atoms with van der Waals surface area (Å²) in [6.45, 7) is 1.97. The van der Waals surface area contributed by atoms with Crippen LogP contribution in [-0.2, 0) is 11.3 Å². The molecule has 2 amide bonds. The zero-order chi connectivity index (χ0) is 20.8. The van der Waals surface area contributed by atoms with E-state index < -0.39 is 0 Å². The summed E-state index contributed by atoms with van der Waals surface area (Å²) in [5.74, 6) is 0.389. The molecule has 1 saturated carbocycles. The topological polar surface area (TPSA) is 53.5 Å². The van der Waals surface area contributed by atoms with E-state index in [-0.39, 0.29) is 17.7 Å². The molecule has 5 nitrogen and oxygen atoms in total. The number of para-hydroxylation sites is 1. The number of anilines is 1. The van der Waals surface area contributed by atoms with E-state index in [9.17, 15) is 9.59 Å². The van der Waals surface area contributed by atoms with Crippen molar-refractivity contribution in [1.82, 2.24) is 9.88 Å². The number of aromatic nitrogens is 1. The van der Waals surface area contributed by atoms with Crippen LogP contribution in [0.15, 0.2) is 48.7 Å². The van der Waals surface area contributed by atoms with Crippen LogP contribution in [0.4, 0.5) is 5.69 Å². The second-order valence-electron chi connectivity index (χ2n) is 8.46. The van der Waals surface area contributed by atoms with Crippen LogP contribution >= 0.6 is 0 Å². The smallest absolute Gasteiger partial charge is 0.272 e. The molecule has 0 atom stereocenters. The molecular weight excluding hydrogens is 374 g/mol. The number of amides is 2. The highest BCUT2D eigenvalue weighted by Gasteiger charge is 2.34. The number of pyridine rings is 1. The molecule has 1 aliphatic carbocycles. The van der Waals surface area contributed by atoms with Crippen molar-refractivity contribution in [1.29, 1.82) is 0 Å². The standard InChI is InChI=1S/C25H31N3O2/c29-24(20-14-15-20)28-18-10-4-2-1-3-9-17-27(19-21-11-5-6-13-23(21)28)25(30)22-12-7-8-16-26-22/h5-8,11-13,16,20H,1-4,9-10,14-15,17-19H2. The Bertz CT molecular complexity index is 864. The molecule has 5 heteroatoms. The van der Waals surface area contributed by atoms with Crippen molar-refractivity contribution in [2.24, 2.45) is 5.92 Å². The maximum Gasteiger partial charge on any atom is 0.272 e. The number of carbonyl (C=O) groups excluding carboxylic acids is 2. The molecule has 1 aromatic carbocycles. The lowest BCUT2D eigenvalue weighted by Crippen LogP contribution is -2.36. The summed E-state index contributed by atoms with van der Waals surface area (Å²) >= 11 is 0. The number of hydrogen-bond donors (Lipinski definition) is 0. The van der Waals surface area contributed by atoms with E-state index in [1.807, 2.05) is 40.1 Å². The Labute approximate surface area is 179 Å². The summed E-state index contributed by atoms with van der Waals surface area (Å²) in [4.78, 5) is 34.5. The van der Waals surface area contributed by atoms with Crippen LogP contribution in [0.25, 0.3) is 0 Å². The Morgan fingerprint density at radius 2 is 1.53 bits per heavy atom. The van der Waals surface area contributed by atoms with Gasteiger partial charge >= 0.3 is 0 Å². The largest absolute Gasteiger partial charge is 0.333 e. The Hall–Kier alpha value is -2.69. The minimum Gasteiger partial charge on any atom is -0.333 e. The predicted octanol–water partition coefficient (Wildman–Crippen LogP) is 4.82. The number of hydrogen-bond acceptors (Lipinski definition) is 3.